The van der Waals surface area contributed by atoms with Gasteiger partial charge in [-0.05, 0) is 36.6 Å². The fourth-order valence-corrected chi connectivity index (χ4v) is 3.00. The summed E-state index contributed by atoms with van der Waals surface area (Å²) in [5.41, 5.74) is 1.35. The summed E-state index contributed by atoms with van der Waals surface area (Å²) < 4.78 is 1.39. The molecule has 4 rings (SSSR count). The molecule has 1 fully saturated rings. The van der Waals surface area contributed by atoms with Gasteiger partial charge < -0.3 is 20.2 Å². The van der Waals surface area contributed by atoms with E-state index in [0.29, 0.717) is 0 Å². The molecule has 1 aliphatic rings. The zero-order chi connectivity index (χ0) is 19.0. The van der Waals surface area contributed by atoms with Crippen molar-refractivity contribution in [3.63, 3.8) is 0 Å². The standard InChI is InChI=1S/C19H19N5O3/c1-20-18(26)15-7-11(17(25)23-13-4-5-13)9-24(19(15)27)10-12-8-22-16-14(12)3-2-6-21-16/h2-3,6-9,13H,4-5,10H2,1H3,(H,20,26)(H,21,22)(H,23,25). The zero-order valence-electron chi connectivity index (χ0n) is 14.8. The number of nitrogens with one attached hydrogen (secondary N) is 3. The zero-order valence-corrected chi connectivity index (χ0v) is 14.8. The summed E-state index contributed by atoms with van der Waals surface area (Å²) in [6.07, 6.45) is 6.87. The molecule has 0 spiro atoms. The van der Waals surface area contributed by atoms with E-state index < -0.39 is 11.5 Å². The number of hydrogen-bond donors (Lipinski definition) is 3. The third kappa shape index (κ3) is 3.33. The topological polar surface area (TPSA) is 109 Å². The van der Waals surface area contributed by atoms with Crippen LogP contribution in [0.4, 0.5) is 0 Å². The predicted octanol–water partition coefficient (Wildman–Crippen LogP) is 1.02. The Morgan fingerprint density at radius 2 is 2.15 bits per heavy atom. The smallest absolute Gasteiger partial charge is 0.263 e. The Bertz CT molecular complexity index is 1090. The van der Waals surface area contributed by atoms with Gasteiger partial charge in [0.25, 0.3) is 17.4 Å². The third-order valence-corrected chi connectivity index (χ3v) is 4.61. The van der Waals surface area contributed by atoms with E-state index >= 15 is 0 Å². The molecule has 3 N–H and O–H groups in total. The Morgan fingerprint density at radius 1 is 1.33 bits per heavy atom. The first-order valence-corrected chi connectivity index (χ1v) is 8.75. The Kier molecular flexibility index (Phi) is 4.23. The molecule has 3 aromatic heterocycles. The van der Waals surface area contributed by atoms with E-state index in [9.17, 15) is 14.4 Å². The Hall–Kier alpha value is -3.42. The van der Waals surface area contributed by atoms with Crippen LogP contribution in [0.5, 0.6) is 0 Å². The van der Waals surface area contributed by atoms with E-state index in [1.807, 2.05) is 12.1 Å². The molecule has 0 radical (unpaired) electrons. The van der Waals surface area contributed by atoms with Gasteiger partial charge in [0, 0.05) is 37.1 Å². The molecule has 0 aliphatic heterocycles. The van der Waals surface area contributed by atoms with Gasteiger partial charge in [0.1, 0.15) is 11.2 Å². The van der Waals surface area contributed by atoms with Gasteiger partial charge in [0.2, 0.25) is 0 Å². The molecule has 0 aromatic carbocycles. The first kappa shape index (κ1) is 17.0. The third-order valence-electron chi connectivity index (χ3n) is 4.61. The molecule has 0 bridgehead atoms. The molecule has 27 heavy (non-hydrogen) atoms. The normalized spacial score (nSPS) is 13.5. The molecule has 0 unspecified atom stereocenters. The maximum Gasteiger partial charge on any atom is 0.263 e. The monoisotopic (exact) mass is 365 g/mol. The number of carbonyl (C=O) groups is 2. The molecule has 138 valence electrons. The summed E-state index contributed by atoms with van der Waals surface area (Å²) in [5, 5.41) is 6.23. The van der Waals surface area contributed by atoms with Gasteiger partial charge in [0.05, 0.1) is 12.1 Å². The fourth-order valence-electron chi connectivity index (χ4n) is 3.00. The number of rotatable bonds is 5. The van der Waals surface area contributed by atoms with Crippen molar-refractivity contribution in [3.8, 4) is 0 Å². The SMILES string of the molecule is CNC(=O)c1cc(C(=O)NC2CC2)cn(Cc2c[nH]c3ncccc23)c1=O. The predicted molar refractivity (Wildman–Crippen MR) is 99.8 cm³/mol. The van der Waals surface area contributed by atoms with Gasteiger partial charge in [-0.25, -0.2) is 4.98 Å². The maximum atomic E-state index is 12.8. The van der Waals surface area contributed by atoms with E-state index in [0.717, 1.165) is 29.4 Å². The highest BCUT2D eigenvalue weighted by molar-refractivity contribution is 5.99. The Balaban J connectivity index is 1.76. The van der Waals surface area contributed by atoms with Gasteiger partial charge in [0.15, 0.2) is 0 Å². The highest BCUT2D eigenvalue weighted by Gasteiger charge is 2.25. The van der Waals surface area contributed by atoms with Crippen molar-refractivity contribution in [2.45, 2.75) is 25.4 Å². The summed E-state index contributed by atoms with van der Waals surface area (Å²) >= 11 is 0. The van der Waals surface area contributed by atoms with E-state index in [1.54, 1.807) is 12.4 Å². The number of H-pyrrole nitrogens is 1. The average Bonchev–Trinajstić information content (AvgIpc) is 3.41. The summed E-state index contributed by atoms with van der Waals surface area (Å²) in [4.78, 5) is 44.7. The number of pyridine rings is 2. The number of aromatic amines is 1. The molecule has 0 atom stereocenters. The van der Waals surface area contributed by atoms with Crippen LogP contribution in [0.1, 0.15) is 39.1 Å². The van der Waals surface area contributed by atoms with Crippen LogP contribution in [0, 0.1) is 0 Å². The minimum absolute atomic E-state index is 0.0566. The Labute approximate surface area is 154 Å². The lowest BCUT2D eigenvalue weighted by Gasteiger charge is -2.11. The lowest BCUT2D eigenvalue weighted by molar-refractivity contribution is 0.0950. The summed E-state index contributed by atoms with van der Waals surface area (Å²) in [6, 6.07) is 5.26. The quantitative estimate of drug-likeness (QED) is 0.627. The second-order valence-corrected chi connectivity index (χ2v) is 6.62. The van der Waals surface area contributed by atoms with Crippen molar-refractivity contribution in [2.24, 2.45) is 0 Å². The van der Waals surface area contributed by atoms with Gasteiger partial charge in [-0.3, -0.25) is 14.4 Å². The van der Waals surface area contributed by atoms with Crippen LogP contribution >= 0.6 is 0 Å². The molecule has 2 amide bonds. The van der Waals surface area contributed by atoms with Crippen LogP contribution in [0.15, 0.2) is 41.6 Å². The highest BCUT2D eigenvalue weighted by atomic mass is 16.2. The number of nitrogens with zero attached hydrogens (tertiary/aromatic N) is 2. The molecule has 3 heterocycles. The molecule has 1 aliphatic carbocycles. The summed E-state index contributed by atoms with van der Waals surface area (Å²) in [5.74, 6) is -0.799. The Morgan fingerprint density at radius 3 is 2.89 bits per heavy atom. The summed E-state index contributed by atoms with van der Waals surface area (Å²) in [6.45, 7) is 0.221. The fraction of sp³-hybridized carbons (Fsp3) is 0.263. The molecule has 8 heteroatoms. The number of carbonyl (C=O) groups excluding carboxylic acids is 2. The second kappa shape index (κ2) is 6.71. The highest BCUT2D eigenvalue weighted by Crippen LogP contribution is 2.20. The van der Waals surface area contributed by atoms with Crippen LogP contribution in [-0.2, 0) is 6.54 Å². The van der Waals surface area contributed by atoms with E-state index in [2.05, 4.69) is 20.6 Å². The van der Waals surface area contributed by atoms with Gasteiger partial charge in [-0.2, -0.15) is 0 Å². The van der Waals surface area contributed by atoms with Crippen molar-refractivity contribution >= 4 is 22.8 Å². The van der Waals surface area contributed by atoms with Crippen molar-refractivity contribution in [1.29, 1.82) is 0 Å². The molecule has 0 saturated heterocycles. The van der Waals surface area contributed by atoms with E-state index in [1.165, 1.54) is 23.9 Å². The number of hydrogen-bond acceptors (Lipinski definition) is 4. The lowest BCUT2D eigenvalue weighted by atomic mass is 10.1. The molecule has 3 aromatic rings. The number of fused-ring (bicyclic) bond motifs is 1. The van der Waals surface area contributed by atoms with Gasteiger partial charge in [-0.15, -0.1) is 0 Å². The molecule has 8 nitrogen and oxygen atoms in total. The van der Waals surface area contributed by atoms with Gasteiger partial charge >= 0.3 is 0 Å². The minimum atomic E-state index is -0.518. The molecule has 1 saturated carbocycles. The van der Waals surface area contributed by atoms with Crippen LogP contribution in [-0.4, -0.2) is 39.4 Å². The van der Waals surface area contributed by atoms with Crippen molar-refractivity contribution in [2.75, 3.05) is 7.05 Å². The van der Waals surface area contributed by atoms with Crippen LogP contribution in [0.25, 0.3) is 11.0 Å². The number of aromatic nitrogens is 3. The first-order chi connectivity index (χ1) is 13.1. The first-order valence-electron chi connectivity index (χ1n) is 8.75. The average molecular weight is 365 g/mol. The molecular weight excluding hydrogens is 346 g/mol. The van der Waals surface area contributed by atoms with Crippen molar-refractivity contribution < 1.29 is 9.59 Å². The second-order valence-electron chi connectivity index (χ2n) is 6.62. The molecular formula is C19H19N5O3. The van der Waals surface area contributed by atoms with E-state index in [4.69, 9.17) is 0 Å². The van der Waals surface area contributed by atoms with E-state index in [-0.39, 0.29) is 29.6 Å². The van der Waals surface area contributed by atoms with Crippen LogP contribution < -0.4 is 16.2 Å². The maximum absolute atomic E-state index is 12.8. The largest absolute Gasteiger partial charge is 0.355 e. The van der Waals surface area contributed by atoms with Crippen molar-refractivity contribution in [1.82, 2.24) is 25.2 Å². The lowest BCUT2D eigenvalue weighted by Crippen LogP contribution is -2.34. The summed E-state index contributed by atoms with van der Waals surface area (Å²) in [7, 11) is 1.45. The van der Waals surface area contributed by atoms with Crippen LogP contribution in [0.2, 0.25) is 0 Å². The van der Waals surface area contributed by atoms with Crippen molar-refractivity contribution in [3.05, 3.63) is 63.8 Å². The number of amides is 2. The minimum Gasteiger partial charge on any atom is -0.355 e. The van der Waals surface area contributed by atoms with Crippen LogP contribution in [0.3, 0.4) is 0 Å². The van der Waals surface area contributed by atoms with Gasteiger partial charge in [-0.1, -0.05) is 0 Å².